The van der Waals surface area contributed by atoms with Gasteiger partial charge in [0.05, 0.1) is 0 Å². The smallest absolute Gasteiger partial charge is 0.410 e. The fraction of sp³-hybridized carbons (Fsp3) is 0. The fourth-order valence-electron chi connectivity index (χ4n) is 2.08. The van der Waals surface area contributed by atoms with Crippen molar-refractivity contribution in [3.05, 3.63) is 83.3 Å². The third kappa shape index (κ3) is 4.60. The van der Waals surface area contributed by atoms with Gasteiger partial charge in [0.1, 0.15) is 5.75 Å². The molecule has 0 spiro atoms. The van der Waals surface area contributed by atoms with Gasteiger partial charge in [-0.3, -0.25) is 5.32 Å². The van der Waals surface area contributed by atoms with E-state index in [4.69, 9.17) is 4.74 Å². The van der Waals surface area contributed by atoms with Gasteiger partial charge >= 0.3 is 6.09 Å². The molecule has 0 fully saturated rings. The molecule has 0 atom stereocenters. The number of carbonyl (C=O) groups is 1. The highest BCUT2D eigenvalue weighted by molar-refractivity contribution is 9.10. The summed E-state index contributed by atoms with van der Waals surface area (Å²) < 4.78 is 6.21. The molecular weight excluding hydrogens is 368 g/mol. The summed E-state index contributed by atoms with van der Waals surface area (Å²) in [5.41, 5.74) is 2.59. The average molecular weight is 383 g/mol. The van der Waals surface area contributed by atoms with Crippen LogP contribution in [0.5, 0.6) is 5.75 Å². The predicted octanol–water partition coefficient (Wildman–Crippen LogP) is 5.80. The van der Waals surface area contributed by atoms with Gasteiger partial charge in [-0.15, -0.1) is 0 Å². The number of hydrogen-bond acceptors (Lipinski definition) is 3. The Morgan fingerprint density at radius 1 is 0.750 bits per heavy atom. The molecule has 3 aromatic rings. The predicted molar refractivity (Wildman–Crippen MR) is 100.0 cm³/mol. The topological polar surface area (TPSA) is 50.4 Å². The summed E-state index contributed by atoms with van der Waals surface area (Å²) in [6.07, 6.45) is -0.527. The fourth-order valence-corrected chi connectivity index (χ4v) is 2.34. The van der Waals surface area contributed by atoms with E-state index in [1.807, 2.05) is 54.6 Å². The lowest BCUT2D eigenvalue weighted by molar-refractivity contribution is 0.215. The molecule has 0 unspecified atom stereocenters. The van der Waals surface area contributed by atoms with E-state index >= 15 is 0 Å². The van der Waals surface area contributed by atoms with Crippen LogP contribution in [0.15, 0.2) is 83.3 Å². The van der Waals surface area contributed by atoms with E-state index in [2.05, 4.69) is 26.6 Å². The molecule has 3 aromatic carbocycles. The lowest BCUT2D eigenvalue weighted by Gasteiger charge is -2.09. The van der Waals surface area contributed by atoms with Crippen LogP contribution in [0.25, 0.3) is 0 Å². The van der Waals surface area contributed by atoms with Crippen molar-refractivity contribution in [2.75, 3.05) is 10.6 Å². The van der Waals surface area contributed by atoms with Crippen LogP contribution >= 0.6 is 15.9 Å². The van der Waals surface area contributed by atoms with Crippen molar-refractivity contribution >= 4 is 39.1 Å². The number of nitrogens with one attached hydrogen (secondary N) is 2. The van der Waals surface area contributed by atoms with Crippen LogP contribution in [0, 0.1) is 0 Å². The summed E-state index contributed by atoms with van der Waals surface area (Å²) in [6, 6.07) is 24.3. The average Bonchev–Trinajstić information content (AvgIpc) is 2.60. The number of hydrogen-bond donors (Lipinski definition) is 2. The van der Waals surface area contributed by atoms with Gasteiger partial charge in [-0.25, -0.2) is 4.79 Å². The Kier molecular flexibility index (Phi) is 5.13. The maximum absolute atomic E-state index is 11.9. The first-order valence-electron chi connectivity index (χ1n) is 7.35. The second-order valence-electron chi connectivity index (χ2n) is 5.04. The third-order valence-corrected chi connectivity index (χ3v) is 3.75. The van der Waals surface area contributed by atoms with Crippen molar-refractivity contribution in [1.82, 2.24) is 0 Å². The second kappa shape index (κ2) is 7.66. The van der Waals surface area contributed by atoms with E-state index in [-0.39, 0.29) is 0 Å². The molecule has 120 valence electrons. The molecular formula is C19H15BrN2O2. The Balaban J connectivity index is 1.57. The molecule has 0 aromatic heterocycles. The van der Waals surface area contributed by atoms with E-state index in [9.17, 15) is 4.79 Å². The highest BCUT2D eigenvalue weighted by Gasteiger charge is 2.05. The first-order valence-corrected chi connectivity index (χ1v) is 8.15. The van der Waals surface area contributed by atoms with Gasteiger partial charge in [0.25, 0.3) is 0 Å². The Labute approximate surface area is 148 Å². The minimum absolute atomic E-state index is 0.475. The number of anilines is 3. The lowest BCUT2D eigenvalue weighted by atomic mass is 10.2. The van der Waals surface area contributed by atoms with Crippen molar-refractivity contribution in [1.29, 1.82) is 0 Å². The standard InChI is InChI=1S/C19H15BrN2O2/c20-14-6-8-17(9-7-14)22-19(23)24-18-12-10-16(11-13-18)21-15-4-2-1-3-5-15/h1-13,21H,(H,22,23). The second-order valence-corrected chi connectivity index (χ2v) is 5.95. The number of ether oxygens (including phenoxy) is 1. The number of amides is 1. The van der Waals surface area contributed by atoms with E-state index in [1.54, 1.807) is 24.3 Å². The maximum atomic E-state index is 11.9. The van der Waals surface area contributed by atoms with Gasteiger partial charge < -0.3 is 10.1 Å². The largest absolute Gasteiger partial charge is 0.417 e. The molecule has 0 saturated heterocycles. The number of benzene rings is 3. The molecule has 0 heterocycles. The van der Waals surface area contributed by atoms with Crippen LogP contribution in [0.4, 0.5) is 21.9 Å². The molecule has 0 aliphatic rings. The third-order valence-electron chi connectivity index (χ3n) is 3.22. The molecule has 0 aliphatic carbocycles. The van der Waals surface area contributed by atoms with Gasteiger partial charge in [-0.1, -0.05) is 34.1 Å². The van der Waals surface area contributed by atoms with Crippen LogP contribution in [-0.4, -0.2) is 6.09 Å². The molecule has 4 nitrogen and oxygen atoms in total. The zero-order valence-corrected chi connectivity index (χ0v) is 14.3. The number of para-hydroxylation sites is 1. The minimum atomic E-state index is -0.527. The van der Waals surface area contributed by atoms with Gasteiger partial charge in [-0.05, 0) is 60.7 Å². The number of rotatable bonds is 4. The molecule has 0 radical (unpaired) electrons. The molecule has 3 rings (SSSR count). The van der Waals surface area contributed by atoms with Crippen molar-refractivity contribution in [3.8, 4) is 5.75 Å². The van der Waals surface area contributed by atoms with E-state index < -0.39 is 6.09 Å². The highest BCUT2D eigenvalue weighted by Crippen LogP contribution is 2.20. The van der Waals surface area contributed by atoms with Crippen molar-refractivity contribution in [2.24, 2.45) is 0 Å². The maximum Gasteiger partial charge on any atom is 0.417 e. The Bertz CT molecular complexity index is 803. The van der Waals surface area contributed by atoms with Crippen LogP contribution in [0.3, 0.4) is 0 Å². The first kappa shape index (κ1) is 16.1. The first-order chi connectivity index (χ1) is 11.7. The van der Waals surface area contributed by atoms with Gasteiger partial charge in [0.2, 0.25) is 0 Å². The van der Waals surface area contributed by atoms with Crippen LogP contribution in [-0.2, 0) is 0 Å². The summed E-state index contributed by atoms with van der Waals surface area (Å²) >= 11 is 3.35. The normalized spacial score (nSPS) is 10.0. The highest BCUT2D eigenvalue weighted by atomic mass is 79.9. The SMILES string of the molecule is O=C(Nc1ccc(Br)cc1)Oc1ccc(Nc2ccccc2)cc1. The van der Waals surface area contributed by atoms with Crippen LogP contribution in [0.1, 0.15) is 0 Å². The Morgan fingerprint density at radius 3 is 2.00 bits per heavy atom. The summed E-state index contributed by atoms with van der Waals surface area (Å²) in [6.45, 7) is 0. The van der Waals surface area contributed by atoms with Crippen LogP contribution < -0.4 is 15.4 Å². The van der Waals surface area contributed by atoms with Gasteiger partial charge in [-0.2, -0.15) is 0 Å². The zero-order chi connectivity index (χ0) is 16.8. The summed E-state index contributed by atoms with van der Waals surface area (Å²) in [4.78, 5) is 11.9. The lowest BCUT2D eigenvalue weighted by Crippen LogP contribution is -2.16. The molecule has 5 heteroatoms. The summed E-state index contributed by atoms with van der Waals surface area (Å²) in [5, 5.41) is 5.94. The number of carbonyl (C=O) groups excluding carboxylic acids is 1. The monoisotopic (exact) mass is 382 g/mol. The molecule has 24 heavy (non-hydrogen) atoms. The van der Waals surface area contributed by atoms with Crippen LogP contribution in [0.2, 0.25) is 0 Å². The minimum Gasteiger partial charge on any atom is -0.410 e. The number of halogens is 1. The molecule has 1 amide bonds. The quantitative estimate of drug-likeness (QED) is 0.598. The Hall–Kier alpha value is -2.79. The molecule has 0 aliphatic heterocycles. The molecule has 0 saturated carbocycles. The van der Waals surface area contributed by atoms with E-state index in [0.29, 0.717) is 11.4 Å². The Morgan fingerprint density at radius 2 is 1.33 bits per heavy atom. The van der Waals surface area contributed by atoms with Crippen molar-refractivity contribution in [2.45, 2.75) is 0 Å². The molecule has 0 bridgehead atoms. The van der Waals surface area contributed by atoms with Crippen molar-refractivity contribution in [3.63, 3.8) is 0 Å². The van der Waals surface area contributed by atoms with E-state index in [1.165, 1.54) is 0 Å². The molecule has 2 N–H and O–H groups in total. The van der Waals surface area contributed by atoms with Gasteiger partial charge in [0, 0.05) is 21.5 Å². The van der Waals surface area contributed by atoms with E-state index in [0.717, 1.165) is 15.8 Å². The summed E-state index contributed by atoms with van der Waals surface area (Å²) in [7, 11) is 0. The zero-order valence-electron chi connectivity index (χ0n) is 12.7. The summed E-state index contributed by atoms with van der Waals surface area (Å²) in [5.74, 6) is 0.475. The van der Waals surface area contributed by atoms with Gasteiger partial charge in [0.15, 0.2) is 0 Å². The van der Waals surface area contributed by atoms with Crippen molar-refractivity contribution < 1.29 is 9.53 Å².